The molecule has 0 saturated heterocycles. The number of hydrogen-bond donors (Lipinski definition) is 1. The number of carbonyl (C=O) groups is 1. The highest BCUT2D eigenvalue weighted by atomic mass is 32.2. The van der Waals surface area contributed by atoms with E-state index in [-0.39, 0.29) is 4.90 Å². The minimum absolute atomic E-state index is 0.145. The average molecular weight is 488 g/mol. The first kappa shape index (κ1) is 22.8. The van der Waals surface area contributed by atoms with Gasteiger partial charge in [0, 0.05) is 42.5 Å². The van der Waals surface area contributed by atoms with Gasteiger partial charge in [-0.05, 0) is 41.8 Å². The Morgan fingerprint density at radius 1 is 1.09 bits per heavy atom. The van der Waals surface area contributed by atoms with Gasteiger partial charge in [0.2, 0.25) is 5.91 Å². The van der Waals surface area contributed by atoms with Crippen molar-refractivity contribution in [3.8, 4) is 11.1 Å². The Labute approximate surface area is 203 Å². The molecule has 5 rings (SSSR count). The van der Waals surface area contributed by atoms with E-state index in [2.05, 4.69) is 21.5 Å². The van der Waals surface area contributed by atoms with Crippen molar-refractivity contribution in [2.24, 2.45) is 12.0 Å². The molecule has 1 amide bonds. The Morgan fingerprint density at radius 2 is 1.91 bits per heavy atom. The Hall–Kier alpha value is -3.98. The molecule has 1 N–H and O–H groups in total. The van der Waals surface area contributed by atoms with E-state index in [1.165, 1.54) is 0 Å². The molecule has 0 saturated carbocycles. The first-order valence-corrected chi connectivity index (χ1v) is 12.8. The Bertz CT molecular complexity index is 1610. The van der Waals surface area contributed by atoms with Gasteiger partial charge in [-0.15, -0.1) is 0 Å². The van der Waals surface area contributed by atoms with Crippen LogP contribution in [0.1, 0.15) is 12.5 Å². The summed E-state index contributed by atoms with van der Waals surface area (Å²) in [6.45, 7) is 2.90. The van der Waals surface area contributed by atoms with Gasteiger partial charge in [-0.2, -0.15) is 5.10 Å². The summed E-state index contributed by atoms with van der Waals surface area (Å²) in [5, 5.41) is 7.43. The van der Waals surface area contributed by atoms with Crippen molar-refractivity contribution < 1.29 is 13.2 Å². The molecule has 0 aliphatic carbocycles. The van der Waals surface area contributed by atoms with Gasteiger partial charge in [0.05, 0.1) is 17.6 Å². The third-order valence-corrected chi connectivity index (χ3v) is 7.51. The third kappa shape index (κ3) is 4.81. The lowest BCUT2D eigenvalue weighted by atomic mass is 10.1. The van der Waals surface area contributed by atoms with E-state index in [1.807, 2.05) is 61.3 Å². The smallest absolute Gasteiger partial charge is 0.241 e. The minimum atomic E-state index is -3.88. The maximum atomic E-state index is 13.3. The van der Waals surface area contributed by atoms with Crippen LogP contribution in [0.3, 0.4) is 0 Å². The predicted molar refractivity (Wildman–Crippen MR) is 136 cm³/mol. The molecule has 2 aromatic heterocycles. The van der Waals surface area contributed by atoms with Gasteiger partial charge >= 0.3 is 0 Å². The fourth-order valence-electron chi connectivity index (χ4n) is 4.25. The topological polar surface area (TPSA) is 98.4 Å². The van der Waals surface area contributed by atoms with Crippen LogP contribution in [0.4, 0.5) is 0 Å². The van der Waals surface area contributed by atoms with Gasteiger partial charge in [0.15, 0.2) is 9.84 Å². The number of nitrogens with zero attached hydrogens (tertiary/aromatic N) is 4. The highest BCUT2D eigenvalue weighted by Gasteiger charge is 2.25. The zero-order chi connectivity index (χ0) is 24.6. The van der Waals surface area contributed by atoms with Gasteiger partial charge in [-0.1, -0.05) is 36.4 Å². The highest BCUT2D eigenvalue weighted by molar-refractivity contribution is 7.92. The lowest BCUT2D eigenvalue weighted by Crippen LogP contribution is -2.33. The summed E-state index contributed by atoms with van der Waals surface area (Å²) >= 11 is 0. The van der Waals surface area contributed by atoms with E-state index >= 15 is 0 Å². The number of benzene rings is 2. The lowest BCUT2D eigenvalue weighted by molar-refractivity contribution is -0.117. The summed E-state index contributed by atoms with van der Waals surface area (Å²) in [5.74, 6) is -0.849. The second kappa shape index (κ2) is 8.99. The van der Waals surface area contributed by atoms with Gasteiger partial charge in [0.25, 0.3) is 0 Å². The van der Waals surface area contributed by atoms with Crippen LogP contribution in [0.25, 0.3) is 22.0 Å². The normalized spacial score (nSPS) is 13.7. The number of aryl methyl sites for hydroxylation is 1. The largest absolute Gasteiger partial charge is 0.342 e. The molecule has 8 nitrogen and oxygen atoms in total. The molecule has 0 unspecified atom stereocenters. The van der Waals surface area contributed by atoms with E-state index < -0.39 is 21.5 Å². The summed E-state index contributed by atoms with van der Waals surface area (Å²) in [5.41, 5.74) is 4.87. The van der Waals surface area contributed by atoms with Crippen molar-refractivity contribution in [3.05, 3.63) is 84.3 Å². The molecule has 0 fully saturated rings. The third-order valence-electron chi connectivity index (χ3n) is 5.88. The first-order valence-electron chi connectivity index (χ1n) is 11.2. The van der Waals surface area contributed by atoms with Crippen LogP contribution >= 0.6 is 0 Å². The quantitative estimate of drug-likeness (QED) is 0.451. The number of nitrogens with one attached hydrogen (secondary N) is 1. The Balaban J connectivity index is 1.43. The number of para-hydroxylation sites is 1. The van der Waals surface area contributed by atoms with Crippen LogP contribution in [0.15, 0.2) is 88.7 Å². The number of amidine groups is 1. The number of aromatic nitrogens is 3. The SMILES string of the molecule is CC1=CC(NC(=O)CS(=O)(=O)c2cn(Cc3cccc(-c4cnn(C)c4)c3)c3ccccc23)=NC1. The predicted octanol–water partition coefficient (Wildman–Crippen LogP) is 3.34. The number of hydrogen-bond acceptors (Lipinski definition) is 5. The molecule has 1 aliphatic rings. The fourth-order valence-corrected chi connectivity index (χ4v) is 5.62. The monoisotopic (exact) mass is 487 g/mol. The van der Waals surface area contributed by atoms with Crippen molar-refractivity contribution in [1.29, 1.82) is 0 Å². The van der Waals surface area contributed by atoms with E-state index in [0.717, 1.165) is 27.8 Å². The molecule has 0 radical (unpaired) electrons. The zero-order valence-corrected chi connectivity index (χ0v) is 20.3. The van der Waals surface area contributed by atoms with E-state index in [4.69, 9.17) is 0 Å². The number of rotatable bonds is 6. The van der Waals surface area contributed by atoms with Gasteiger partial charge in [-0.25, -0.2) is 8.42 Å². The second-order valence-corrected chi connectivity index (χ2v) is 10.7. The van der Waals surface area contributed by atoms with Crippen molar-refractivity contribution in [1.82, 2.24) is 19.7 Å². The molecule has 0 atom stereocenters. The van der Waals surface area contributed by atoms with Crippen molar-refractivity contribution in [2.75, 3.05) is 12.3 Å². The number of amides is 1. The summed E-state index contributed by atoms with van der Waals surface area (Å²) in [4.78, 5) is 16.8. The van der Waals surface area contributed by atoms with E-state index in [0.29, 0.717) is 24.3 Å². The molecule has 0 spiro atoms. The summed E-state index contributed by atoms with van der Waals surface area (Å²) in [7, 11) is -2.01. The second-order valence-electron chi connectivity index (χ2n) is 8.74. The molecule has 0 bridgehead atoms. The van der Waals surface area contributed by atoms with Crippen LogP contribution in [-0.4, -0.2) is 46.8 Å². The zero-order valence-electron chi connectivity index (χ0n) is 19.5. The number of sulfone groups is 1. The van der Waals surface area contributed by atoms with Crippen LogP contribution < -0.4 is 5.32 Å². The maximum absolute atomic E-state index is 13.3. The maximum Gasteiger partial charge on any atom is 0.241 e. The van der Waals surface area contributed by atoms with E-state index in [1.54, 1.807) is 29.1 Å². The first-order chi connectivity index (χ1) is 16.8. The molecule has 178 valence electrons. The van der Waals surface area contributed by atoms with Gasteiger partial charge in [-0.3, -0.25) is 14.5 Å². The number of carbonyl (C=O) groups excluding carboxylic acids is 1. The summed E-state index contributed by atoms with van der Waals surface area (Å²) in [6.07, 6.45) is 7.14. The van der Waals surface area contributed by atoms with Crippen molar-refractivity contribution >= 4 is 32.5 Å². The van der Waals surface area contributed by atoms with Crippen molar-refractivity contribution in [2.45, 2.75) is 18.4 Å². The minimum Gasteiger partial charge on any atom is -0.342 e. The van der Waals surface area contributed by atoms with Crippen LogP contribution in [0, 0.1) is 0 Å². The molecule has 35 heavy (non-hydrogen) atoms. The summed E-state index contributed by atoms with van der Waals surface area (Å²) < 4.78 is 30.2. The molecule has 4 aromatic rings. The number of aliphatic imine (C=N–C) groups is 1. The molecule has 3 heterocycles. The van der Waals surface area contributed by atoms with Gasteiger partial charge in [0.1, 0.15) is 11.6 Å². The molecule has 9 heteroatoms. The standard InChI is InChI=1S/C26H25N5O3S/c1-18-10-25(27-12-18)29-26(32)17-35(33,34)24-16-31(23-9-4-3-8-22(23)24)14-19-6-5-7-20(11-19)21-13-28-30(2)15-21/h3-11,13,15-16H,12,14,17H2,1-2H3,(H,27,29,32). The van der Waals surface area contributed by atoms with Gasteiger partial charge < -0.3 is 9.88 Å². The molecule has 1 aliphatic heterocycles. The summed E-state index contributed by atoms with van der Waals surface area (Å²) in [6, 6.07) is 15.4. The fraction of sp³-hybridized carbons (Fsp3) is 0.192. The average Bonchev–Trinajstić information content (AvgIpc) is 3.53. The molecular weight excluding hydrogens is 462 g/mol. The van der Waals surface area contributed by atoms with Crippen LogP contribution in [0.5, 0.6) is 0 Å². The van der Waals surface area contributed by atoms with E-state index in [9.17, 15) is 13.2 Å². The lowest BCUT2D eigenvalue weighted by Gasteiger charge is -2.07. The number of fused-ring (bicyclic) bond motifs is 1. The molecular formula is C26H25N5O3S. The Morgan fingerprint density at radius 3 is 2.66 bits per heavy atom. The molecule has 2 aromatic carbocycles. The highest BCUT2D eigenvalue weighted by Crippen LogP contribution is 2.28. The van der Waals surface area contributed by atoms with Crippen LogP contribution in [0.2, 0.25) is 0 Å². The van der Waals surface area contributed by atoms with Crippen molar-refractivity contribution in [3.63, 3.8) is 0 Å². The van der Waals surface area contributed by atoms with Crippen LogP contribution in [-0.2, 0) is 28.2 Å². The Kier molecular flexibility index (Phi) is 5.86.